The van der Waals surface area contributed by atoms with Gasteiger partial charge in [0.15, 0.2) is 5.84 Å². The lowest BCUT2D eigenvalue weighted by atomic mass is 10.0. The highest BCUT2D eigenvalue weighted by Gasteiger charge is 2.35. The second-order valence-electron chi connectivity index (χ2n) is 7.70. The summed E-state index contributed by atoms with van der Waals surface area (Å²) in [5.41, 5.74) is 4.42. The van der Waals surface area contributed by atoms with E-state index in [1.54, 1.807) is 48.6 Å². The van der Waals surface area contributed by atoms with E-state index < -0.39 is 0 Å². The molecule has 0 radical (unpaired) electrons. The van der Waals surface area contributed by atoms with Crippen LogP contribution < -0.4 is 4.74 Å². The van der Waals surface area contributed by atoms with Crippen LogP contribution in [0, 0.1) is 0 Å². The molecule has 5 rings (SSSR count). The summed E-state index contributed by atoms with van der Waals surface area (Å²) >= 11 is 0. The summed E-state index contributed by atoms with van der Waals surface area (Å²) in [4.78, 5) is 24.3. The van der Waals surface area contributed by atoms with Gasteiger partial charge in [-0.1, -0.05) is 42.5 Å². The quantitative estimate of drug-likeness (QED) is 0.592. The van der Waals surface area contributed by atoms with Crippen LogP contribution in [-0.2, 0) is 11.2 Å². The van der Waals surface area contributed by atoms with Gasteiger partial charge in [-0.15, -0.1) is 0 Å². The summed E-state index contributed by atoms with van der Waals surface area (Å²) in [5, 5.41) is 9.65. The van der Waals surface area contributed by atoms with Gasteiger partial charge in [-0.05, 0) is 53.6 Å². The van der Waals surface area contributed by atoms with Crippen molar-refractivity contribution in [2.24, 2.45) is 9.98 Å². The molecule has 0 atom stereocenters. The third kappa shape index (κ3) is 4.19. The fourth-order valence-electron chi connectivity index (χ4n) is 3.74. The largest absolute Gasteiger partial charge is 0.508 e. The number of phenolic OH excluding ortho intramolecular Hbond substituents is 1. The van der Waals surface area contributed by atoms with E-state index in [1.807, 2.05) is 54.6 Å². The highest BCUT2D eigenvalue weighted by molar-refractivity contribution is 6.48. The highest BCUT2D eigenvalue weighted by Crippen LogP contribution is 2.29. The van der Waals surface area contributed by atoms with Gasteiger partial charge >= 0.3 is 0 Å². The minimum absolute atomic E-state index is 0.174. The Bertz CT molecular complexity index is 1320. The number of hydrogen-bond acceptors (Lipinski definition) is 5. The maximum Gasteiger partial charge on any atom is 0.282 e. The molecule has 0 bridgehead atoms. The van der Waals surface area contributed by atoms with Crippen molar-refractivity contribution in [1.29, 1.82) is 0 Å². The van der Waals surface area contributed by atoms with E-state index in [0.717, 1.165) is 22.4 Å². The van der Waals surface area contributed by atoms with Gasteiger partial charge in [0.2, 0.25) is 0 Å². The molecule has 0 fully saturated rings. The Morgan fingerprint density at radius 3 is 2.36 bits per heavy atom. The van der Waals surface area contributed by atoms with Crippen LogP contribution in [0.2, 0.25) is 0 Å². The number of carbonyl (C=O) groups is 1. The molecule has 2 aliphatic rings. The van der Waals surface area contributed by atoms with Crippen molar-refractivity contribution < 1.29 is 14.6 Å². The van der Waals surface area contributed by atoms with Gasteiger partial charge in [-0.3, -0.25) is 9.69 Å². The van der Waals surface area contributed by atoms with Crippen LogP contribution in [0.3, 0.4) is 0 Å². The van der Waals surface area contributed by atoms with Crippen molar-refractivity contribution in [2.45, 2.75) is 6.42 Å². The molecule has 162 valence electrons. The first-order valence-electron chi connectivity index (χ1n) is 10.5. The Morgan fingerprint density at radius 2 is 1.67 bits per heavy atom. The molecule has 0 saturated carbocycles. The number of hydrogen-bond donors (Lipinski definition) is 1. The molecule has 33 heavy (non-hydrogen) atoms. The predicted octanol–water partition coefficient (Wildman–Crippen LogP) is 4.68. The van der Waals surface area contributed by atoms with Crippen LogP contribution in [-0.4, -0.2) is 34.6 Å². The summed E-state index contributed by atoms with van der Waals surface area (Å²) < 4.78 is 5.21. The van der Waals surface area contributed by atoms with E-state index in [9.17, 15) is 9.90 Å². The predicted molar refractivity (Wildman–Crippen MR) is 129 cm³/mol. The Balaban J connectivity index is 1.55. The Kier molecular flexibility index (Phi) is 5.32. The summed E-state index contributed by atoms with van der Waals surface area (Å²) in [6.45, 7) is 0. The van der Waals surface area contributed by atoms with Crippen molar-refractivity contribution >= 4 is 29.2 Å². The molecule has 0 aliphatic carbocycles. The third-order valence-corrected chi connectivity index (χ3v) is 5.45. The zero-order valence-corrected chi connectivity index (χ0v) is 18.0. The number of methoxy groups -OCH3 is 1. The average Bonchev–Trinajstić information content (AvgIpc) is 3.16. The number of carbonyl (C=O) groups excluding carboxylic acids is 1. The molecule has 1 N–H and O–H groups in total. The van der Waals surface area contributed by atoms with Gasteiger partial charge in [-0.25, -0.2) is 9.98 Å². The molecule has 6 nitrogen and oxygen atoms in total. The number of rotatable bonds is 5. The van der Waals surface area contributed by atoms with Crippen LogP contribution in [0.25, 0.3) is 11.8 Å². The molecule has 1 amide bonds. The van der Waals surface area contributed by atoms with E-state index in [1.165, 1.54) is 0 Å². The monoisotopic (exact) mass is 435 g/mol. The van der Waals surface area contributed by atoms with E-state index in [0.29, 0.717) is 29.4 Å². The molecule has 0 aromatic heterocycles. The standard InChI is InChI=1S/C27H21N3O3/c1-33-22-13-7-19(8-14-22)16-24-27(32)30-17-25(20-9-11-21(31)12-10-20)28-23(26(30)29-24)15-18-5-3-2-4-6-18/h2-14,16-17,31H,15H2,1H3/b24-16-. The zero-order valence-electron chi connectivity index (χ0n) is 18.0. The van der Waals surface area contributed by atoms with Gasteiger partial charge in [0, 0.05) is 18.2 Å². The van der Waals surface area contributed by atoms with E-state index >= 15 is 0 Å². The van der Waals surface area contributed by atoms with Gasteiger partial charge in [0.05, 0.1) is 18.5 Å². The average molecular weight is 435 g/mol. The van der Waals surface area contributed by atoms with Crippen LogP contribution in [0.5, 0.6) is 11.5 Å². The summed E-state index contributed by atoms with van der Waals surface area (Å²) in [7, 11) is 1.61. The Morgan fingerprint density at radius 1 is 0.939 bits per heavy atom. The summed E-state index contributed by atoms with van der Waals surface area (Å²) in [6, 6.07) is 24.2. The van der Waals surface area contributed by atoms with Crippen molar-refractivity contribution in [2.75, 3.05) is 7.11 Å². The zero-order chi connectivity index (χ0) is 22.8. The fraction of sp³-hybridized carbons (Fsp3) is 0.0741. The molecular weight excluding hydrogens is 414 g/mol. The van der Waals surface area contributed by atoms with Crippen LogP contribution in [0.4, 0.5) is 0 Å². The van der Waals surface area contributed by atoms with Crippen LogP contribution in [0.1, 0.15) is 16.7 Å². The first-order chi connectivity index (χ1) is 16.1. The molecule has 3 aromatic carbocycles. The van der Waals surface area contributed by atoms with Crippen molar-refractivity contribution in [3.8, 4) is 11.5 Å². The lowest BCUT2D eigenvalue weighted by Gasteiger charge is -2.22. The Labute approximate surface area is 191 Å². The third-order valence-electron chi connectivity index (χ3n) is 5.45. The number of amides is 1. The minimum Gasteiger partial charge on any atom is -0.508 e. The molecule has 3 aromatic rings. The van der Waals surface area contributed by atoms with Crippen LogP contribution >= 0.6 is 0 Å². The fourth-order valence-corrected chi connectivity index (χ4v) is 3.74. The number of aromatic hydroxyl groups is 1. The number of aliphatic imine (C=N–C) groups is 2. The molecule has 2 aliphatic heterocycles. The smallest absolute Gasteiger partial charge is 0.282 e. The topological polar surface area (TPSA) is 74.5 Å². The maximum atomic E-state index is 13.3. The maximum absolute atomic E-state index is 13.3. The lowest BCUT2D eigenvalue weighted by Crippen LogP contribution is -2.36. The molecule has 2 heterocycles. The van der Waals surface area contributed by atoms with Crippen molar-refractivity contribution in [1.82, 2.24) is 4.90 Å². The second kappa shape index (κ2) is 8.59. The molecular formula is C27H21N3O3. The summed E-state index contributed by atoms with van der Waals surface area (Å²) in [6.07, 6.45) is 4.01. The Hall–Kier alpha value is -4.45. The van der Waals surface area contributed by atoms with Gasteiger partial charge in [0.1, 0.15) is 17.2 Å². The molecule has 0 unspecified atom stereocenters. The van der Waals surface area contributed by atoms with Crippen molar-refractivity contribution in [3.63, 3.8) is 0 Å². The first kappa shape index (κ1) is 20.5. The number of benzene rings is 3. The minimum atomic E-state index is -0.211. The van der Waals surface area contributed by atoms with Gasteiger partial charge in [0.25, 0.3) is 5.91 Å². The lowest BCUT2D eigenvalue weighted by molar-refractivity contribution is -0.120. The number of fused-ring (bicyclic) bond motifs is 1. The first-order valence-corrected chi connectivity index (χ1v) is 10.5. The van der Waals surface area contributed by atoms with E-state index in [2.05, 4.69) is 4.99 Å². The number of ether oxygens (including phenoxy) is 1. The van der Waals surface area contributed by atoms with Gasteiger partial charge in [-0.2, -0.15) is 0 Å². The van der Waals surface area contributed by atoms with E-state index in [-0.39, 0.29) is 11.7 Å². The number of amidine groups is 1. The SMILES string of the molecule is COc1ccc(/C=C2\N=C3C(Cc4ccccc4)=NC(c4ccc(O)cc4)=CN3C2=O)cc1. The highest BCUT2D eigenvalue weighted by atomic mass is 16.5. The number of phenols is 1. The molecule has 6 heteroatoms. The summed E-state index contributed by atoms with van der Waals surface area (Å²) in [5.74, 6) is 1.24. The van der Waals surface area contributed by atoms with Crippen molar-refractivity contribution in [3.05, 3.63) is 107 Å². The van der Waals surface area contributed by atoms with E-state index in [4.69, 9.17) is 9.73 Å². The normalized spacial score (nSPS) is 16.3. The van der Waals surface area contributed by atoms with Gasteiger partial charge < -0.3 is 9.84 Å². The second-order valence-corrected chi connectivity index (χ2v) is 7.70. The molecule has 0 spiro atoms. The molecule has 0 saturated heterocycles. The van der Waals surface area contributed by atoms with Crippen LogP contribution in [0.15, 0.2) is 101 Å². The number of nitrogens with zero attached hydrogens (tertiary/aromatic N) is 3.